The van der Waals surface area contributed by atoms with E-state index in [0.29, 0.717) is 26.6 Å². The Morgan fingerprint density at radius 1 is 1.19 bits per heavy atom. The summed E-state index contributed by atoms with van der Waals surface area (Å²) in [5, 5.41) is 6.31. The molecule has 7 heteroatoms. The zero-order valence-electron chi connectivity index (χ0n) is 14.1. The molecule has 2 aromatic rings. The van der Waals surface area contributed by atoms with Gasteiger partial charge in [0, 0.05) is 22.3 Å². The third-order valence-corrected chi connectivity index (χ3v) is 4.92. The van der Waals surface area contributed by atoms with Gasteiger partial charge in [0.1, 0.15) is 5.75 Å². The number of benzene rings is 2. The smallest absolute Gasteiger partial charge is 0.262 e. The number of amides is 2. The first kappa shape index (κ1) is 18.7. The maximum Gasteiger partial charge on any atom is 0.262 e. The van der Waals surface area contributed by atoms with Gasteiger partial charge in [0.05, 0.1) is 4.47 Å². The summed E-state index contributed by atoms with van der Waals surface area (Å²) >= 11 is 9.23. The summed E-state index contributed by atoms with van der Waals surface area (Å²) in [5.41, 5.74) is 2.16. The highest BCUT2D eigenvalue weighted by molar-refractivity contribution is 9.10. The van der Waals surface area contributed by atoms with E-state index in [2.05, 4.69) is 26.6 Å². The van der Waals surface area contributed by atoms with Crippen LogP contribution in [0.2, 0.25) is 5.02 Å². The fourth-order valence-electron chi connectivity index (χ4n) is 2.41. The predicted octanol–water partition coefficient (Wildman–Crippen LogP) is 4.78. The Bertz CT molecular complexity index is 853. The zero-order chi connectivity index (χ0) is 18.7. The van der Waals surface area contributed by atoms with Crippen LogP contribution >= 0.6 is 27.5 Å². The number of hydrogen-bond acceptors (Lipinski definition) is 3. The van der Waals surface area contributed by atoms with Crippen LogP contribution < -0.4 is 15.4 Å². The number of halogens is 2. The van der Waals surface area contributed by atoms with E-state index in [1.165, 1.54) is 0 Å². The van der Waals surface area contributed by atoms with Crippen molar-refractivity contribution in [3.05, 3.63) is 51.5 Å². The van der Waals surface area contributed by atoms with E-state index < -0.39 is 0 Å². The van der Waals surface area contributed by atoms with Crippen molar-refractivity contribution in [2.24, 2.45) is 5.92 Å². The molecule has 1 fully saturated rings. The molecule has 1 saturated carbocycles. The molecule has 0 radical (unpaired) electrons. The van der Waals surface area contributed by atoms with Crippen LogP contribution in [-0.2, 0) is 9.59 Å². The van der Waals surface area contributed by atoms with Gasteiger partial charge in [-0.15, -0.1) is 0 Å². The lowest BCUT2D eigenvalue weighted by molar-refractivity contribution is -0.118. The van der Waals surface area contributed by atoms with Crippen LogP contribution in [0.25, 0.3) is 0 Å². The van der Waals surface area contributed by atoms with Gasteiger partial charge in [-0.25, -0.2) is 0 Å². The number of hydrogen-bond donors (Lipinski definition) is 2. The summed E-state index contributed by atoms with van der Waals surface area (Å²) in [7, 11) is 0. The molecule has 1 aliphatic rings. The number of carbonyl (C=O) groups excluding carboxylic acids is 2. The molecule has 0 bridgehead atoms. The Hall–Kier alpha value is -2.05. The minimum absolute atomic E-state index is 0.0347. The van der Waals surface area contributed by atoms with Gasteiger partial charge in [-0.3, -0.25) is 9.59 Å². The summed E-state index contributed by atoms with van der Waals surface area (Å²) in [5.74, 6) is 0.402. The Balaban J connectivity index is 1.60. The van der Waals surface area contributed by atoms with Gasteiger partial charge in [0.2, 0.25) is 5.91 Å². The summed E-state index contributed by atoms with van der Waals surface area (Å²) in [6, 6.07) is 10.5. The normalized spacial score (nSPS) is 13.2. The summed E-state index contributed by atoms with van der Waals surface area (Å²) < 4.78 is 6.19. The maximum absolute atomic E-state index is 12.2. The average molecular weight is 438 g/mol. The Labute approximate surface area is 165 Å². The van der Waals surface area contributed by atoms with Gasteiger partial charge in [-0.1, -0.05) is 17.7 Å². The highest BCUT2D eigenvalue weighted by atomic mass is 79.9. The summed E-state index contributed by atoms with van der Waals surface area (Å²) in [6.45, 7) is 1.72. The molecule has 1 aliphatic carbocycles. The van der Waals surface area contributed by atoms with Gasteiger partial charge in [-0.2, -0.15) is 0 Å². The van der Waals surface area contributed by atoms with Crippen LogP contribution in [0, 0.1) is 12.8 Å². The van der Waals surface area contributed by atoms with Gasteiger partial charge >= 0.3 is 0 Å². The van der Waals surface area contributed by atoms with Crippen molar-refractivity contribution in [1.82, 2.24) is 0 Å². The van der Waals surface area contributed by atoms with Crippen LogP contribution in [0.1, 0.15) is 18.4 Å². The first-order chi connectivity index (χ1) is 12.4. The fraction of sp³-hybridized carbons (Fsp3) is 0.263. The molecule has 5 nitrogen and oxygen atoms in total. The van der Waals surface area contributed by atoms with Crippen LogP contribution in [0.5, 0.6) is 5.75 Å². The molecule has 0 spiro atoms. The Morgan fingerprint density at radius 2 is 1.88 bits per heavy atom. The van der Waals surface area contributed by atoms with Gasteiger partial charge in [0.15, 0.2) is 6.61 Å². The molecule has 136 valence electrons. The maximum atomic E-state index is 12.2. The van der Waals surface area contributed by atoms with Crippen molar-refractivity contribution in [1.29, 1.82) is 0 Å². The van der Waals surface area contributed by atoms with Crippen molar-refractivity contribution in [3.63, 3.8) is 0 Å². The number of ether oxygens (including phenoxy) is 1. The summed E-state index contributed by atoms with van der Waals surface area (Å²) in [4.78, 5) is 24.1. The van der Waals surface area contributed by atoms with Gasteiger partial charge < -0.3 is 15.4 Å². The first-order valence-electron chi connectivity index (χ1n) is 8.22. The van der Waals surface area contributed by atoms with E-state index in [1.807, 2.05) is 13.0 Å². The summed E-state index contributed by atoms with van der Waals surface area (Å²) in [6.07, 6.45) is 1.89. The number of anilines is 2. The molecule has 0 saturated heterocycles. The second-order valence-corrected chi connectivity index (χ2v) is 7.44. The van der Waals surface area contributed by atoms with Gasteiger partial charge in [-0.05, 0) is 71.6 Å². The molecule has 2 aromatic carbocycles. The molecular formula is C19H18BrClN2O3. The second-order valence-electron chi connectivity index (χ2n) is 6.15. The molecule has 0 unspecified atom stereocenters. The van der Waals surface area contributed by atoms with E-state index in [4.69, 9.17) is 16.3 Å². The molecule has 2 N–H and O–H groups in total. The van der Waals surface area contributed by atoms with Crippen LogP contribution in [-0.4, -0.2) is 18.4 Å². The highest BCUT2D eigenvalue weighted by Gasteiger charge is 2.29. The van der Waals surface area contributed by atoms with E-state index in [0.717, 1.165) is 18.4 Å². The largest absolute Gasteiger partial charge is 0.483 e. The lowest BCUT2D eigenvalue weighted by Crippen LogP contribution is -2.21. The lowest BCUT2D eigenvalue weighted by atomic mass is 10.1. The van der Waals surface area contributed by atoms with E-state index >= 15 is 0 Å². The lowest BCUT2D eigenvalue weighted by Gasteiger charge is -2.14. The molecule has 0 atom stereocenters. The molecule has 0 aliphatic heterocycles. The average Bonchev–Trinajstić information content (AvgIpc) is 3.43. The van der Waals surface area contributed by atoms with Crippen molar-refractivity contribution in [2.45, 2.75) is 19.8 Å². The zero-order valence-corrected chi connectivity index (χ0v) is 16.5. The molecule has 0 aromatic heterocycles. The topological polar surface area (TPSA) is 67.4 Å². The second kappa shape index (κ2) is 8.10. The molecule has 26 heavy (non-hydrogen) atoms. The SMILES string of the molecule is Cc1c(NC(=O)COc2ccc(Cl)cc2Br)cccc1NC(=O)C1CC1. The Morgan fingerprint density at radius 3 is 2.54 bits per heavy atom. The predicted molar refractivity (Wildman–Crippen MR) is 106 cm³/mol. The monoisotopic (exact) mass is 436 g/mol. The van der Waals surface area contributed by atoms with Crippen molar-refractivity contribution in [3.8, 4) is 5.75 Å². The van der Waals surface area contributed by atoms with Crippen molar-refractivity contribution >= 4 is 50.7 Å². The quantitative estimate of drug-likeness (QED) is 0.683. The fourth-order valence-corrected chi connectivity index (χ4v) is 3.21. The number of rotatable bonds is 6. The third-order valence-electron chi connectivity index (χ3n) is 4.07. The third kappa shape index (κ3) is 4.77. The molecular weight excluding hydrogens is 420 g/mol. The molecule has 2 amide bonds. The van der Waals surface area contributed by atoms with Gasteiger partial charge in [0.25, 0.3) is 5.91 Å². The van der Waals surface area contributed by atoms with Crippen molar-refractivity contribution in [2.75, 3.05) is 17.2 Å². The molecule has 0 heterocycles. The Kier molecular flexibility index (Phi) is 5.84. The van der Waals surface area contributed by atoms with E-state index in [9.17, 15) is 9.59 Å². The minimum atomic E-state index is -0.291. The number of carbonyl (C=O) groups is 2. The first-order valence-corrected chi connectivity index (χ1v) is 9.39. The van der Waals surface area contributed by atoms with Crippen LogP contribution in [0.15, 0.2) is 40.9 Å². The standard InChI is InChI=1S/C19H18BrClN2O3/c1-11-15(3-2-4-16(11)23-19(25)12-5-6-12)22-18(24)10-26-17-8-7-13(21)9-14(17)20/h2-4,7-9,12H,5-6,10H2,1H3,(H,22,24)(H,23,25). The van der Waals surface area contributed by atoms with E-state index in [1.54, 1.807) is 30.3 Å². The van der Waals surface area contributed by atoms with Crippen LogP contribution in [0.4, 0.5) is 11.4 Å². The van der Waals surface area contributed by atoms with Crippen molar-refractivity contribution < 1.29 is 14.3 Å². The van der Waals surface area contributed by atoms with E-state index in [-0.39, 0.29) is 24.3 Å². The number of nitrogens with one attached hydrogen (secondary N) is 2. The molecule has 3 rings (SSSR count). The van der Waals surface area contributed by atoms with Crippen LogP contribution in [0.3, 0.4) is 0 Å². The highest BCUT2D eigenvalue weighted by Crippen LogP contribution is 2.32. The minimum Gasteiger partial charge on any atom is -0.483 e.